The molecule has 4 N–H and O–H groups in total. The van der Waals surface area contributed by atoms with E-state index in [2.05, 4.69) is 5.32 Å². The zero-order valence-corrected chi connectivity index (χ0v) is 14.1. The lowest BCUT2D eigenvalue weighted by Gasteiger charge is -2.49. The van der Waals surface area contributed by atoms with Gasteiger partial charge in [-0.05, 0) is 40.2 Å². The summed E-state index contributed by atoms with van der Waals surface area (Å²) in [5.41, 5.74) is 3.86. The van der Waals surface area contributed by atoms with E-state index >= 15 is 0 Å². The van der Waals surface area contributed by atoms with E-state index in [0.717, 1.165) is 6.42 Å². The van der Waals surface area contributed by atoms with Gasteiger partial charge in [-0.1, -0.05) is 0 Å². The number of likely N-dealkylation sites (tertiary alicyclic amines) is 1. The van der Waals surface area contributed by atoms with Gasteiger partial charge in [0.05, 0.1) is 12.0 Å². The molecule has 0 aliphatic carbocycles. The van der Waals surface area contributed by atoms with E-state index < -0.39 is 23.2 Å². The lowest BCUT2D eigenvalue weighted by molar-refractivity contribution is -0.141. The van der Waals surface area contributed by atoms with E-state index in [1.54, 1.807) is 20.8 Å². The molecule has 1 rings (SSSR count). The number of hydrogen-bond acceptors (Lipinski definition) is 5. The maximum atomic E-state index is 11.9. The molecule has 8 heteroatoms. The van der Waals surface area contributed by atoms with Crippen LogP contribution in [0, 0.1) is 0 Å². The fraction of sp³-hybridized carbons (Fsp3) is 0.800. The number of ether oxygens (including phenoxy) is 1. The van der Waals surface area contributed by atoms with Gasteiger partial charge in [-0.2, -0.15) is 0 Å². The minimum Gasteiger partial charge on any atom is -0.481 e. The molecule has 0 aromatic rings. The predicted molar refractivity (Wildman–Crippen MR) is 83.8 cm³/mol. The lowest BCUT2D eigenvalue weighted by Crippen LogP contribution is -2.71. The van der Waals surface area contributed by atoms with Crippen molar-refractivity contribution in [3.8, 4) is 0 Å². The van der Waals surface area contributed by atoms with Crippen molar-refractivity contribution in [1.82, 2.24) is 10.2 Å². The van der Waals surface area contributed by atoms with E-state index in [4.69, 9.17) is 15.6 Å². The molecular formula is C15H27N3O5. The van der Waals surface area contributed by atoms with Crippen LogP contribution in [-0.4, -0.2) is 58.8 Å². The predicted octanol–water partition coefficient (Wildman–Crippen LogP) is 0.696. The summed E-state index contributed by atoms with van der Waals surface area (Å²) >= 11 is 0. The molecule has 0 aromatic heterocycles. The maximum Gasteiger partial charge on any atom is 0.410 e. The molecule has 8 nitrogen and oxygen atoms in total. The van der Waals surface area contributed by atoms with Crippen LogP contribution in [-0.2, 0) is 14.3 Å². The first-order chi connectivity index (χ1) is 10.5. The largest absolute Gasteiger partial charge is 0.481 e. The summed E-state index contributed by atoms with van der Waals surface area (Å²) in [6, 6.07) is 0. The Hall–Kier alpha value is -1.83. The number of carbonyl (C=O) groups excluding carboxylic acids is 2. The highest BCUT2D eigenvalue weighted by molar-refractivity contribution is 5.73. The summed E-state index contributed by atoms with van der Waals surface area (Å²) in [4.78, 5) is 35.2. The average Bonchev–Trinajstić information content (AvgIpc) is 2.30. The van der Waals surface area contributed by atoms with Crippen LogP contribution in [0.25, 0.3) is 0 Å². The van der Waals surface area contributed by atoms with Crippen LogP contribution in [0.1, 0.15) is 46.5 Å². The second-order valence-electron chi connectivity index (χ2n) is 7.04. The Morgan fingerprint density at radius 2 is 1.87 bits per heavy atom. The Morgan fingerprint density at radius 1 is 1.26 bits per heavy atom. The van der Waals surface area contributed by atoms with Crippen LogP contribution in [0.5, 0.6) is 0 Å². The number of amides is 2. The first-order valence-corrected chi connectivity index (χ1v) is 7.76. The highest BCUT2D eigenvalue weighted by Gasteiger charge is 2.47. The highest BCUT2D eigenvalue weighted by atomic mass is 16.6. The number of carbonyl (C=O) groups is 3. The average molecular weight is 329 g/mol. The summed E-state index contributed by atoms with van der Waals surface area (Å²) in [5.74, 6) is -1.26. The minimum absolute atomic E-state index is 0.0673. The number of hydrogen-bond donors (Lipinski definition) is 3. The molecule has 0 aromatic carbocycles. The van der Waals surface area contributed by atoms with E-state index in [1.807, 2.05) is 0 Å². The number of rotatable bonds is 8. The van der Waals surface area contributed by atoms with E-state index in [0.29, 0.717) is 32.5 Å². The summed E-state index contributed by atoms with van der Waals surface area (Å²) in [6.45, 7) is 6.52. The Morgan fingerprint density at radius 3 is 2.35 bits per heavy atom. The van der Waals surface area contributed by atoms with Crippen molar-refractivity contribution >= 4 is 18.0 Å². The molecule has 0 unspecified atom stereocenters. The van der Waals surface area contributed by atoms with Gasteiger partial charge in [-0.3, -0.25) is 9.59 Å². The van der Waals surface area contributed by atoms with Crippen LogP contribution in [0.2, 0.25) is 0 Å². The van der Waals surface area contributed by atoms with Gasteiger partial charge in [0.15, 0.2) is 0 Å². The topological polar surface area (TPSA) is 122 Å². The van der Waals surface area contributed by atoms with Gasteiger partial charge in [-0.15, -0.1) is 0 Å². The molecule has 0 bridgehead atoms. The van der Waals surface area contributed by atoms with Crippen molar-refractivity contribution in [2.24, 2.45) is 5.73 Å². The molecule has 2 amide bonds. The molecule has 1 aliphatic heterocycles. The Labute approximate surface area is 136 Å². The van der Waals surface area contributed by atoms with Gasteiger partial charge >= 0.3 is 12.1 Å². The maximum absolute atomic E-state index is 11.9. The minimum atomic E-state index is -0.918. The standard InChI is InChI=1S/C15H27N3O5/c1-14(2,3)23-13(22)18-9-15(10-18,8-12(20)21)17-7-5-4-6-11(16)19/h17H,4-10H2,1-3H3,(H2,16,19)(H,20,21). The van der Waals surface area contributed by atoms with Gasteiger partial charge in [0.2, 0.25) is 5.91 Å². The van der Waals surface area contributed by atoms with Crippen molar-refractivity contribution in [3.63, 3.8) is 0 Å². The number of nitrogens with two attached hydrogens (primary N) is 1. The first kappa shape index (κ1) is 19.2. The van der Waals surface area contributed by atoms with Crippen molar-refractivity contribution in [2.75, 3.05) is 19.6 Å². The van der Waals surface area contributed by atoms with Crippen LogP contribution in [0.3, 0.4) is 0 Å². The van der Waals surface area contributed by atoms with Gasteiger partial charge < -0.3 is 25.8 Å². The van der Waals surface area contributed by atoms with Gasteiger partial charge in [-0.25, -0.2) is 4.79 Å². The number of nitrogens with one attached hydrogen (secondary N) is 1. The van der Waals surface area contributed by atoms with Crippen LogP contribution in [0.4, 0.5) is 4.79 Å². The van der Waals surface area contributed by atoms with Gasteiger partial charge in [0.25, 0.3) is 0 Å². The third kappa shape index (κ3) is 6.85. The lowest BCUT2D eigenvalue weighted by atomic mass is 9.86. The highest BCUT2D eigenvalue weighted by Crippen LogP contribution is 2.26. The SMILES string of the molecule is CC(C)(C)OC(=O)N1CC(CC(=O)O)(NCCCCC(N)=O)C1. The molecule has 0 spiro atoms. The Balaban J connectivity index is 2.45. The zero-order valence-electron chi connectivity index (χ0n) is 14.1. The molecule has 132 valence electrons. The molecule has 1 aliphatic rings. The summed E-state index contributed by atoms with van der Waals surface area (Å²) in [7, 11) is 0. The number of aliphatic carboxylic acids is 1. The van der Waals surface area contributed by atoms with Crippen molar-refractivity contribution in [1.29, 1.82) is 0 Å². The molecule has 1 saturated heterocycles. The van der Waals surface area contributed by atoms with Crippen molar-refractivity contribution in [3.05, 3.63) is 0 Å². The van der Waals surface area contributed by atoms with Crippen LogP contribution >= 0.6 is 0 Å². The third-order valence-corrected chi connectivity index (χ3v) is 3.48. The monoisotopic (exact) mass is 329 g/mol. The summed E-state index contributed by atoms with van der Waals surface area (Å²) < 4.78 is 5.27. The second-order valence-corrected chi connectivity index (χ2v) is 7.04. The summed E-state index contributed by atoms with van der Waals surface area (Å²) in [6.07, 6.45) is 1.19. The number of unbranched alkanes of at least 4 members (excludes halogenated alkanes) is 1. The molecular weight excluding hydrogens is 302 g/mol. The second kappa shape index (κ2) is 7.63. The fourth-order valence-corrected chi connectivity index (χ4v) is 2.49. The Bertz CT molecular complexity index is 453. The molecule has 0 radical (unpaired) electrons. The van der Waals surface area contributed by atoms with E-state index in [-0.39, 0.29) is 12.3 Å². The third-order valence-electron chi connectivity index (χ3n) is 3.48. The van der Waals surface area contributed by atoms with Crippen LogP contribution < -0.4 is 11.1 Å². The van der Waals surface area contributed by atoms with Gasteiger partial charge in [0, 0.05) is 19.5 Å². The summed E-state index contributed by atoms with van der Waals surface area (Å²) in [5, 5.41) is 12.3. The zero-order chi connectivity index (χ0) is 17.7. The number of primary amides is 1. The molecule has 1 fully saturated rings. The van der Waals surface area contributed by atoms with Crippen molar-refractivity contribution in [2.45, 2.75) is 57.6 Å². The van der Waals surface area contributed by atoms with E-state index in [9.17, 15) is 14.4 Å². The molecule has 23 heavy (non-hydrogen) atoms. The first-order valence-electron chi connectivity index (χ1n) is 7.76. The van der Waals surface area contributed by atoms with Crippen LogP contribution in [0.15, 0.2) is 0 Å². The normalized spacial score (nSPS) is 16.6. The number of nitrogens with zero attached hydrogens (tertiary/aromatic N) is 1. The quantitative estimate of drug-likeness (QED) is 0.563. The van der Waals surface area contributed by atoms with Crippen molar-refractivity contribution < 1.29 is 24.2 Å². The van der Waals surface area contributed by atoms with E-state index in [1.165, 1.54) is 4.90 Å². The molecule has 0 atom stereocenters. The number of carboxylic acid groups (broad SMARTS) is 1. The van der Waals surface area contributed by atoms with Gasteiger partial charge in [0.1, 0.15) is 5.60 Å². The Kier molecular flexibility index (Phi) is 6.37. The molecule has 1 heterocycles. The fourth-order valence-electron chi connectivity index (χ4n) is 2.49. The molecule has 0 saturated carbocycles. The smallest absolute Gasteiger partial charge is 0.410 e. The number of carboxylic acids is 1.